The maximum atomic E-state index is 13.0. The average Bonchev–Trinajstić information content (AvgIpc) is 2.82. The number of carbonyl (C=O) groups excluding carboxylic acids is 3. The van der Waals surface area contributed by atoms with E-state index in [9.17, 15) is 24.3 Å². The van der Waals surface area contributed by atoms with Gasteiger partial charge in [0.05, 0.1) is 6.04 Å². The molecule has 192 valence electrons. The molecule has 0 saturated carbocycles. The number of esters is 1. The van der Waals surface area contributed by atoms with Gasteiger partial charge in [0.25, 0.3) is 0 Å². The van der Waals surface area contributed by atoms with Crippen molar-refractivity contribution in [1.29, 1.82) is 0 Å². The molecule has 36 heavy (non-hydrogen) atoms. The largest absolute Gasteiger partial charge is 0.480 e. The van der Waals surface area contributed by atoms with Crippen LogP contribution < -0.4 is 32.6 Å². The van der Waals surface area contributed by atoms with E-state index in [0.29, 0.717) is 23.2 Å². The van der Waals surface area contributed by atoms with Crippen molar-refractivity contribution in [3.63, 3.8) is 0 Å². The number of hydrogen-bond donors (Lipinski definition) is 6. The van der Waals surface area contributed by atoms with Crippen LogP contribution in [0.5, 0.6) is 5.75 Å². The number of hydrogen-bond acceptors (Lipinski definition) is 8. The zero-order valence-corrected chi connectivity index (χ0v) is 20.0. The van der Waals surface area contributed by atoms with Crippen LogP contribution in [-0.2, 0) is 32.0 Å². The molecule has 0 aromatic heterocycles. The highest BCUT2D eigenvalue weighted by molar-refractivity contribution is 5.92. The van der Waals surface area contributed by atoms with Crippen LogP contribution in [0.2, 0.25) is 0 Å². The molecule has 9 N–H and O–H groups in total. The first kappa shape index (κ1) is 26.6. The number of fused-ring (bicyclic) bond motifs is 5. The monoisotopic (exact) mass is 497 g/mol. The molecular formula is C25H31N5O6. The van der Waals surface area contributed by atoms with E-state index in [0.717, 1.165) is 11.1 Å². The number of aliphatic carboxylic acids is 1. The normalized spacial score (nSPS) is 20.4. The standard InChI is InChI=1S/C25H31N5O6/c1-13(31)36-22-7-5-15-10-17(22)11-19(28)23(32)29-20(3-2-8-26)24(33)30-21(25(34)35)12-16-9-14(15)4-6-18(16)27/h4-7,9-10,19-21H,2-3,8,11-12,26-28H2,1H3,(H,29,32)(H,30,33)(H,34,35)/t19-,20-,21-/m0/s1. The highest BCUT2D eigenvalue weighted by Gasteiger charge is 2.29. The smallest absolute Gasteiger partial charge is 0.326 e. The molecule has 2 amide bonds. The molecule has 2 aromatic rings. The first-order valence-corrected chi connectivity index (χ1v) is 11.6. The topological polar surface area (TPSA) is 200 Å². The molecule has 3 rings (SSSR count). The zero-order valence-electron chi connectivity index (χ0n) is 20.0. The van der Waals surface area contributed by atoms with Gasteiger partial charge in [0.2, 0.25) is 11.8 Å². The van der Waals surface area contributed by atoms with Crippen molar-refractivity contribution in [2.24, 2.45) is 11.5 Å². The fraction of sp³-hybridized carbons (Fsp3) is 0.360. The predicted octanol–water partition coefficient (Wildman–Crippen LogP) is 0.0801. The van der Waals surface area contributed by atoms with E-state index in [-0.39, 0.29) is 31.6 Å². The molecule has 2 aromatic carbocycles. The van der Waals surface area contributed by atoms with Crippen molar-refractivity contribution in [2.75, 3.05) is 12.3 Å². The first-order chi connectivity index (χ1) is 17.1. The van der Waals surface area contributed by atoms with E-state index < -0.39 is 41.9 Å². The van der Waals surface area contributed by atoms with Gasteiger partial charge in [0.15, 0.2) is 0 Å². The lowest BCUT2D eigenvalue weighted by Gasteiger charge is -2.23. The number of carboxylic acids is 1. The number of nitrogen functional groups attached to an aromatic ring is 1. The molecular weight excluding hydrogens is 466 g/mol. The van der Waals surface area contributed by atoms with Crippen molar-refractivity contribution < 1.29 is 29.0 Å². The third-order valence-corrected chi connectivity index (χ3v) is 5.94. The maximum absolute atomic E-state index is 13.0. The molecule has 3 atom stereocenters. The van der Waals surface area contributed by atoms with Crippen LogP contribution in [0, 0.1) is 0 Å². The molecule has 1 aliphatic heterocycles. The molecule has 4 bridgehead atoms. The number of benzene rings is 2. The van der Waals surface area contributed by atoms with Gasteiger partial charge in [-0.05, 0) is 65.9 Å². The van der Waals surface area contributed by atoms with Crippen LogP contribution in [0.3, 0.4) is 0 Å². The van der Waals surface area contributed by atoms with Gasteiger partial charge < -0.3 is 37.7 Å². The zero-order chi connectivity index (χ0) is 26.4. The van der Waals surface area contributed by atoms with Crippen molar-refractivity contribution in [2.45, 2.75) is 50.7 Å². The molecule has 1 heterocycles. The molecule has 0 fully saturated rings. The number of anilines is 1. The summed E-state index contributed by atoms with van der Waals surface area (Å²) in [6, 6.07) is 6.87. The Labute approximate surface area is 208 Å². The minimum atomic E-state index is -1.28. The van der Waals surface area contributed by atoms with Gasteiger partial charge in [-0.25, -0.2) is 4.79 Å². The molecule has 0 unspecified atom stereocenters. The SMILES string of the molecule is CC(=O)Oc1ccc2cc1C[C@H](N)C(=O)N[C@@H](CCCN)C(=O)N[C@H](C(=O)O)Cc1cc-2ccc1N. The van der Waals surface area contributed by atoms with Crippen LogP contribution in [0.4, 0.5) is 5.69 Å². The molecule has 1 aliphatic rings. The number of carbonyl (C=O) groups is 4. The third kappa shape index (κ3) is 6.58. The molecule has 0 saturated heterocycles. The highest BCUT2D eigenvalue weighted by Crippen LogP contribution is 2.30. The highest BCUT2D eigenvalue weighted by atomic mass is 16.5. The number of nitrogens with one attached hydrogen (secondary N) is 2. The summed E-state index contributed by atoms with van der Waals surface area (Å²) in [6.07, 6.45) is 0.557. The van der Waals surface area contributed by atoms with Crippen molar-refractivity contribution in [1.82, 2.24) is 10.6 Å². The summed E-state index contributed by atoms with van der Waals surface area (Å²) in [6.45, 7) is 1.54. The van der Waals surface area contributed by atoms with Gasteiger partial charge in [-0.3, -0.25) is 14.4 Å². The lowest BCUT2D eigenvalue weighted by atomic mass is 9.95. The minimum Gasteiger partial charge on any atom is -0.480 e. The second-order valence-corrected chi connectivity index (χ2v) is 8.74. The molecule has 11 nitrogen and oxygen atoms in total. The Bertz CT molecular complexity index is 1170. The van der Waals surface area contributed by atoms with Gasteiger partial charge in [0.1, 0.15) is 17.8 Å². The Hall–Kier alpha value is -3.96. The van der Waals surface area contributed by atoms with Gasteiger partial charge in [-0.2, -0.15) is 0 Å². The van der Waals surface area contributed by atoms with E-state index >= 15 is 0 Å². The van der Waals surface area contributed by atoms with E-state index in [2.05, 4.69) is 10.6 Å². The average molecular weight is 498 g/mol. The maximum Gasteiger partial charge on any atom is 0.326 e. The number of ether oxygens (including phenoxy) is 1. The van der Waals surface area contributed by atoms with E-state index in [1.54, 1.807) is 36.4 Å². The Balaban J connectivity index is 2.12. The van der Waals surface area contributed by atoms with Crippen LogP contribution in [0.15, 0.2) is 36.4 Å². The van der Waals surface area contributed by atoms with E-state index in [1.165, 1.54) is 6.92 Å². The summed E-state index contributed by atoms with van der Waals surface area (Å²) in [5.74, 6) is -2.79. The lowest BCUT2D eigenvalue weighted by Crippen LogP contribution is -2.55. The number of rotatable bonds is 5. The van der Waals surface area contributed by atoms with Gasteiger partial charge in [-0.15, -0.1) is 0 Å². The van der Waals surface area contributed by atoms with Crippen molar-refractivity contribution >= 4 is 29.4 Å². The summed E-state index contributed by atoms with van der Waals surface area (Å²) in [4.78, 5) is 49.5. The van der Waals surface area contributed by atoms with Gasteiger partial charge in [-0.1, -0.05) is 12.1 Å². The third-order valence-electron chi connectivity index (χ3n) is 5.94. The lowest BCUT2D eigenvalue weighted by molar-refractivity contribution is -0.142. The molecule has 0 radical (unpaired) electrons. The van der Waals surface area contributed by atoms with Crippen LogP contribution >= 0.6 is 0 Å². The summed E-state index contributed by atoms with van der Waals surface area (Å²) in [5, 5.41) is 14.9. The molecule has 11 heteroatoms. The van der Waals surface area contributed by atoms with Crippen LogP contribution in [0.25, 0.3) is 11.1 Å². The first-order valence-electron chi connectivity index (χ1n) is 11.6. The van der Waals surface area contributed by atoms with Gasteiger partial charge >= 0.3 is 11.9 Å². The fourth-order valence-electron chi connectivity index (χ4n) is 4.03. The van der Waals surface area contributed by atoms with E-state index in [1.807, 2.05) is 0 Å². The Kier molecular flexibility index (Phi) is 8.62. The molecule has 0 aliphatic carbocycles. The van der Waals surface area contributed by atoms with Crippen molar-refractivity contribution in [3.8, 4) is 16.9 Å². The summed E-state index contributed by atoms with van der Waals surface area (Å²) in [5.41, 5.74) is 20.7. The summed E-state index contributed by atoms with van der Waals surface area (Å²) in [7, 11) is 0. The summed E-state index contributed by atoms with van der Waals surface area (Å²) < 4.78 is 5.31. The summed E-state index contributed by atoms with van der Waals surface area (Å²) >= 11 is 0. The molecule has 0 spiro atoms. The Morgan fingerprint density at radius 3 is 2.33 bits per heavy atom. The number of carboxylic acid groups (broad SMARTS) is 1. The number of nitrogens with two attached hydrogens (primary N) is 3. The van der Waals surface area contributed by atoms with Crippen molar-refractivity contribution in [3.05, 3.63) is 47.5 Å². The minimum absolute atomic E-state index is 0.0209. The fourth-order valence-corrected chi connectivity index (χ4v) is 4.03. The van der Waals surface area contributed by atoms with E-state index in [4.69, 9.17) is 21.9 Å². The second-order valence-electron chi connectivity index (χ2n) is 8.74. The van der Waals surface area contributed by atoms with Crippen LogP contribution in [0.1, 0.15) is 30.9 Å². The van der Waals surface area contributed by atoms with Gasteiger partial charge in [0, 0.05) is 25.5 Å². The van der Waals surface area contributed by atoms with Crippen LogP contribution in [-0.4, -0.2) is 53.5 Å². The second kappa shape index (κ2) is 11.6. The Morgan fingerprint density at radius 1 is 1.03 bits per heavy atom. The predicted molar refractivity (Wildman–Crippen MR) is 133 cm³/mol. The quantitative estimate of drug-likeness (QED) is 0.188. The Morgan fingerprint density at radius 2 is 1.69 bits per heavy atom. The number of amides is 2.